The highest BCUT2D eigenvalue weighted by molar-refractivity contribution is 6.01. The fraction of sp³-hybridized carbons (Fsp3) is 0.857. The van der Waals surface area contributed by atoms with E-state index < -0.39 is 34.3 Å². The quantitative estimate of drug-likeness (QED) is 0.649. The summed E-state index contributed by atoms with van der Waals surface area (Å²) >= 11 is 0. The van der Waals surface area contributed by atoms with Crippen molar-refractivity contribution >= 4 is 11.9 Å². The van der Waals surface area contributed by atoms with Crippen molar-refractivity contribution in [2.24, 2.45) is 5.41 Å². The van der Waals surface area contributed by atoms with Gasteiger partial charge in [0.1, 0.15) is 0 Å². The topological polar surface area (TPSA) is 105 Å². The van der Waals surface area contributed by atoms with Crippen molar-refractivity contribution in [3.63, 3.8) is 0 Å². The molecule has 2 aliphatic rings. The van der Waals surface area contributed by atoms with Gasteiger partial charge < -0.3 is 25.0 Å². The second-order valence-corrected chi connectivity index (χ2v) is 6.75. The lowest BCUT2D eigenvalue weighted by molar-refractivity contribution is -0.407. The van der Waals surface area contributed by atoms with Crippen LogP contribution in [0.15, 0.2) is 0 Å². The zero-order chi connectivity index (χ0) is 16.1. The highest BCUT2D eigenvalue weighted by Crippen LogP contribution is 2.55. The third kappa shape index (κ3) is 2.06. The Kier molecular flexibility index (Phi) is 3.59. The molecular formula is C14H23NO6. The largest absolute Gasteiger partial charge is 0.480 e. The average Bonchev–Trinajstić information content (AvgIpc) is 2.24. The smallest absolute Gasteiger partial charge is 0.327 e. The van der Waals surface area contributed by atoms with Gasteiger partial charge in [0, 0.05) is 25.9 Å². The molecule has 2 heterocycles. The standard InChI is InChI=1S/C14H23NO6/c1-11(2)14(9(16)17,10(18)19)12(3,4)21-13(20-11)5-7-15-8-6-13/h15H,5-8H2,1-4H3,(H,16,17)(H,18,19). The molecule has 0 saturated carbocycles. The molecule has 7 heteroatoms. The number of carbonyl (C=O) groups is 2. The van der Waals surface area contributed by atoms with Crippen molar-refractivity contribution in [1.82, 2.24) is 5.32 Å². The second-order valence-electron chi connectivity index (χ2n) is 6.75. The Morgan fingerprint density at radius 2 is 1.29 bits per heavy atom. The maximum atomic E-state index is 11.9. The number of ether oxygens (including phenoxy) is 2. The van der Waals surface area contributed by atoms with Gasteiger partial charge in [-0.15, -0.1) is 0 Å². The van der Waals surface area contributed by atoms with E-state index in [4.69, 9.17) is 9.47 Å². The zero-order valence-corrected chi connectivity index (χ0v) is 12.9. The number of hydrogen-bond donors (Lipinski definition) is 3. The molecule has 0 radical (unpaired) electrons. The maximum absolute atomic E-state index is 11.9. The third-order valence-corrected chi connectivity index (χ3v) is 4.70. The van der Waals surface area contributed by atoms with Gasteiger partial charge in [-0.1, -0.05) is 0 Å². The molecule has 0 atom stereocenters. The molecule has 2 aliphatic heterocycles. The molecule has 2 fully saturated rings. The molecule has 7 nitrogen and oxygen atoms in total. The van der Waals surface area contributed by atoms with Crippen LogP contribution in [0.4, 0.5) is 0 Å². The molecule has 0 unspecified atom stereocenters. The van der Waals surface area contributed by atoms with Crippen LogP contribution in [-0.4, -0.2) is 52.2 Å². The van der Waals surface area contributed by atoms with Crippen LogP contribution in [0.2, 0.25) is 0 Å². The summed E-state index contributed by atoms with van der Waals surface area (Å²) in [5, 5.41) is 22.5. The third-order valence-electron chi connectivity index (χ3n) is 4.70. The molecule has 0 amide bonds. The first-order valence-corrected chi connectivity index (χ1v) is 7.09. The molecule has 120 valence electrons. The average molecular weight is 301 g/mol. The molecule has 0 aromatic rings. The van der Waals surface area contributed by atoms with Gasteiger partial charge in [0.05, 0.1) is 11.2 Å². The molecule has 3 N–H and O–H groups in total. The zero-order valence-electron chi connectivity index (χ0n) is 12.9. The van der Waals surface area contributed by atoms with Gasteiger partial charge in [-0.05, 0) is 27.7 Å². The Morgan fingerprint density at radius 3 is 1.62 bits per heavy atom. The normalized spacial score (nSPS) is 29.0. The van der Waals surface area contributed by atoms with Gasteiger partial charge in [0.2, 0.25) is 5.41 Å². The molecule has 0 bridgehead atoms. The maximum Gasteiger partial charge on any atom is 0.327 e. The number of rotatable bonds is 2. The summed E-state index contributed by atoms with van der Waals surface area (Å²) in [6, 6.07) is 0. The van der Waals surface area contributed by atoms with Gasteiger partial charge in [0.25, 0.3) is 0 Å². The van der Waals surface area contributed by atoms with E-state index in [0.29, 0.717) is 25.9 Å². The van der Waals surface area contributed by atoms with Crippen molar-refractivity contribution in [2.75, 3.05) is 13.1 Å². The second kappa shape index (κ2) is 4.66. The Morgan fingerprint density at radius 1 is 0.905 bits per heavy atom. The molecule has 0 aromatic carbocycles. The van der Waals surface area contributed by atoms with Crippen molar-refractivity contribution in [3.05, 3.63) is 0 Å². The summed E-state index contributed by atoms with van der Waals surface area (Å²) < 4.78 is 11.9. The molecule has 2 saturated heterocycles. The van der Waals surface area contributed by atoms with E-state index >= 15 is 0 Å². The van der Waals surface area contributed by atoms with Gasteiger partial charge in [0.15, 0.2) is 5.79 Å². The minimum absolute atomic E-state index is 0.551. The van der Waals surface area contributed by atoms with Crippen LogP contribution in [0.25, 0.3) is 0 Å². The van der Waals surface area contributed by atoms with Gasteiger partial charge >= 0.3 is 11.9 Å². The van der Waals surface area contributed by atoms with E-state index in [1.807, 2.05) is 0 Å². The van der Waals surface area contributed by atoms with Crippen LogP contribution in [0.3, 0.4) is 0 Å². The molecule has 2 rings (SSSR count). The first-order chi connectivity index (χ1) is 9.51. The molecule has 21 heavy (non-hydrogen) atoms. The summed E-state index contributed by atoms with van der Waals surface area (Å²) in [5.41, 5.74) is -5.01. The molecule has 0 aliphatic carbocycles. The SMILES string of the molecule is CC1(C)OC2(CCNCC2)OC(C)(C)C1(C(=O)O)C(=O)O. The number of piperidine rings is 1. The number of carboxylic acids is 2. The van der Waals surface area contributed by atoms with E-state index in [0.717, 1.165) is 0 Å². The van der Waals surface area contributed by atoms with Gasteiger partial charge in [-0.2, -0.15) is 0 Å². The Hall–Kier alpha value is -1.18. The minimum Gasteiger partial charge on any atom is -0.480 e. The van der Waals surface area contributed by atoms with Crippen LogP contribution in [0, 0.1) is 5.41 Å². The first-order valence-electron chi connectivity index (χ1n) is 7.09. The van der Waals surface area contributed by atoms with Crippen LogP contribution < -0.4 is 5.32 Å². The van der Waals surface area contributed by atoms with Gasteiger partial charge in [-0.3, -0.25) is 9.59 Å². The summed E-state index contributed by atoms with van der Waals surface area (Å²) in [6.07, 6.45) is 1.10. The van der Waals surface area contributed by atoms with E-state index in [2.05, 4.69) is 5.32 Å². The number of aliphatic carboxylic acids is 2. The van der Waals surface area contributed by atoms with Crippen molar-refractivity contribution in [2.45, 2.75) is 57.5 Å². The monoisotopic (exact) mass is 301 g/mol. The van der Waals surface area contributed by atoms with Crippen molar-refractivity contribution < 1.29 is 29.3 Å². The van der Waals surface area contributed by atoms with E-state index in [1.165, 1.54) is 27.7 Å². The Balaban J connectivity index is 2.55. The summed E-state index contributed by atoms with van der Waals surface area (Å²) in [6.45, 7) is 7.43. The van der Waals surface area contributed by atoms with E-state index in [9.17, 15) is 19.8 Å². The highest BCUT2D eigenvalue weighted by Gasteiger charge is 2.74. The predicted octanol–water partition coefficient (Wildman–Crippen LogP) is 0.826. The predicted molar refractivity (Wildman–Crippen MR) is 72.9 cm³/mol. The van der Waals surface area contributed by atoms with Crippen LogP contribution >= 0.6 is 0 Å². The summed E-state index contributed by atoms with van der Waals surface area (Å²) in [4.78, 5) is 23.7. The van der Waals surface area contributed by atoms with E-state index in [-0.39, 0.29) is 0 Å². The fourth-order valence-electron chi connectivity index (χ4n) is 3.96. The number of hydrogen-bond acceptors (Lipinski definition) is 5. The lowest BCUT2D eigenvalue weighted by Gasteiger charge is -2.60. The molecular weight excluding hydrogens is 278 g/mol. The van der Waals surface area contributed by atoms with Crippen molar-refractivity contribution in [1.29, 1.82) is 0 Å². The first kappa shape index (κ1) is 16.2. The lowest BCUT2D eigenvalue weighted by Crippen LogP contribution is -2.75. The highest BCUT2D eigenvalue weighted by atomic mass is 16.7. The fourth-order valence-corrected chi connectivity index (χ4v) is 3.96. The lowest BCUT2D eigenvalue weighted by atomic mass is 9.62. The molecule has 1 spiro atoms. The van der Waals surface area contributed by atoms with E-state index in [1.54, 1.807) is 0 Å². The Labute approximate surface area is 123 Å². The van der Waals surface area contributed by atoms with Crippen LogP contribution in [0.5, 0.6) is 0 Å². The van der Waals surface area contributed by atoms with Crippen molar-refractivity contribution in [3.8, 4) is 0 Å². The minimum atomic E-state index is -2.18. The number of carboxylic acid groups (broad SMARTS) is 2. The van der Waals surface area contributed by atoms with Gasteiger partial charge in [-0.25, -0.2) is 0 Å². The van der Waals surface area contributed by atoms with Crippen LogP contribution in [0.1, 0.15) is 40.5 Å². The Bertz CT molecular complexity index is 428. The summed E-state index contributed by atoms with van der Waals surface area (Å²) in [5.74, 6) is -3.84. The van der Waals surface area contributed by atoms with Crippen LogP contribution in [-0.2, 0) is 19.1 Å². The number of nitrogens with one attached hydrogen (secondary N) is 1. The summed E-state index contributed by atoms with van der Waals surface area (Å²) in [7, 11) is 0. The molecule has 0 aromatic heterocycles.